The molecule has 8 aromatic rings. The molecule has 2 saturated carbocycles. The Balaban J connectivity index is 0.930. The summed E-state index contributed by atoms with van der Waals surface area (Å²) in [5.74, 6) is 4.44. The van der Waals surface area contributed by atoms with E-state index in [-0.39, 0.29) is 5.41 Å². The molecular formula is C56H44N2O. The Morgan fingerprint density at radius 1 is 0.492 bits per heavy atom. The third-order valence-corrected chi connectivity index (χ3v) is 14.1. The van der Waals surface area contributed by atoms with Gasteiger partial charge in [-0.15, -0.1) is 0 Å². The molecule has 1 spiro atoms. The third-order valence-electron chi connectivity index (χ3n) is 14.1. The summed E-state index contributed by atoms with van der Waals surface area (Å²) in [5, 5.41) is 0. The molecule has 59 heavy (non-hydrogen) atoms. The highest BCUT2D eigenvalue weighted by molar-refractivity contribution is 5.89. The lowest BCUT2D eigenvalue weighted by atomic mass is 9.66. The van der Waals surface area contributed by atoms with E-state index >= 15 is 0 Å². The quantitative estimate of drug-likeness (QED) is 0.175. The molecule has 2 fully saturated rings. The van der Waals surface area contributed by atoms with Gasteiger partial charge in [-0.05, 0) is 99.7 Å². The summed E-state index contributed by atoms with van der Waals surface area (Å²) in [4.78, 5) is 10.4. The van der Waals surface area contributed by atoms with Gasteiger partial charge in [0.1, 0.15) is 11.5 Å². The van der Waals surface area contributed by atoms with Gasteiger partial charge in [0.15, 0.2) is 5.82 Å². The van der Waals surface area contributed by atoms with Crippen LogP contribution in [-0.4, -0.2) is 9.97 Å². The van der Waals surface area contributed by atoms with E-state index in [4.69, 9.17) is 14.7 Å². The van der Waals surface area contributed by atoms with Gasteiger partial charge in [-0.1, -0.05) is 171 Å². The van der Waals surface area contributed by atoms with Gasteiger partial charge in [-0.3, -0.25) is 0 Å². The highest BCUT2D eigenvalue weighted by Gasteiger charge is 2.51. The van der Waals surface area contributed by atoms with Crippen LogP contribution in [0, 0.1) is 11.8 Å². The molecule has 0 radical (unpaired) electrons. The van der Waals surface area contributed by atoms with Crippen molar-refractivity contribution in [3.05, 3.63) is 204 Å². The van der Waals surface area contributed by atoms with Crippen molar-refractivity contribution in [2.75, 3.05) is 0 Å². The largest absolute Gasteiger partial charge is 0.457 e. The van der Waals surface area contributed by atoms with Crippen LogP contribution in [0.1, 0.15) is 66.8 Å². The van der Waals surface area contributed by atoms with Gasteiger partial charge in [-0.25, -0.2) is 9.97 Å². The maximum Gasteiger partial charge on any atom is 0.160 e. The number of rotatable bonds is 5. The van der Waals surface area contributed by atoms with Gasteiger partial charge in [0, 0.05) is 27.8 Å². The smallest absolute Gasteiger partial charge is 0.160 e. The van der Waals surface area contributed by atoms with Gasteiger partial charge >= 0.3 is 0 Å². The fraction of sp³-hybridized carbons (Fsp3) is 0.179. The van der Waals surface area contributed by atoms with E-state index in [9.17, 15) is 0 Å². The van der Waals surface area contributed by atoms with Crippen molar-refractivity contribution in [2.45, 2.75) is 49.9 Å². The summed E-state index contributed by atoms with van der Waals surface area (Å²) in [6, 6.07) is 63.7. The second-order valence-corrected chi connectivity index (χ2v) is 17.5. The predicted octanol–water partition coefficient (Wildman–Crippen LogP) is 14.1. The summed E-state index contributed by atoms with van der Waals surface area (Å²) in [5.41, 5.74) is 16.0. The zero-order valence-corrected chi connectivity index (χ0v) is 33.2. The molecule has 3 unspecified atom stereocenters. The summed E-state index contributed by atoms with van der Waals surface area (Å²) < 4.78 is 6.70. The van der Waals surface area contributed by atoms with Crippen LogP contribution in [0.15, 0.2) is 176 Å². The van der Waals surface area contributed by atoms with Crippen molar-refractivity contribution in [1.82, 2.24) is 9.97 Å². The fourth-order valence-electron chi connectivity index (χ4n) is 11.0. The maximum absolute atomic E-state index is 6.70. The van der Waals surface area contributed by atoms with Crippen LogP contribution in [0.25, 0.3) is 56.2 Å². The Labute approximate surface area is 346 Å². The molecule has 0 saturated heterocycles. The predicted molar refractivity (Wildman–Crippen MR) is 239 cm³/mol. The first-order valence-corrected chi connectivity index (χ1v) is 21.3. The van der Waals surface area contributed by atoms with E-state index in [1.54, 1.807) is 0 Å². The van der Waals surface area contributed by atoms with E-state index in [0.717, 1.165) is 68.4 Å². The summed E-state index contributed by atoms with van der Waals surface area (Å²) in [6.45, 7) is 2.48. The zero-order chi connectivity index (χ0) is 39.1. The molecule has 1 aliphatic heterocycles. The van der Waals surface area contributed by atoms with Crippen LogP contribution in [-0.2, 0) is 10.8 Å². The minimum absolute atomic E-state index is 0.246. The topological polar surface area (TPSA) is 35.0 Å². The zero-order valence-electron chi connectivity index (χ0n) is 33.2. The Morgan fingerprint density at radius 2 is 1.07 bits per heavy atom. The first-order valence-electron chi connectivity index (χ1n) is 21.3. The van der Waals surface area contributed by atoms with Crippen molar-refractivity contribution in [3.63, 3.8) is 0 Å². The van der Waals surface area contributed by atoms with Gasteiger partial charge in [0.25, 0.3) is 0 Å². The SMILES string of the molecule is CC1(c2ccc(-c3nc(-c4ccccc4)cc(-c4ccc(-c5ccc6c(c5)C5(c7ccccc7O6)c6ccccc6-c6ccccc65)cc4)n3)cc2)CCCC2CC2C1. The van der Waals surface area contributed by atoms with Gasteiger partial charge in [-0.2, -0.15) is 0 Å². The second-order valence-electron chi connectivity index (χ2n) is 17.5. The highest BCUT2D eigenvalue weighted by Crippen LogP contribution is 2.62. The molecule has 3 atom stereocenters. The van der Waals surface area contributed by atoms with E-state index in [1.807, 2.05) is 0 Å². The number of fused-ring (bicyclic) bond motifs is 10. The number of hydrogen-bond acceptors (Lipinski definition) is 3. The third kappa shape index (κ3) is 5.48. The van der Waals surface area contributed by atoms with Crippen LogP contribution in [0.3, 0.4) is 0 Å². The van der Waals surface area contributed by atoms with Crippen molar-refractivity contribution in [1.29, 1.82) is 0 Å². The standard InChI is InChI=1S/C56H44N2O/c1-55(31-11-14-40-32-42(40)35-55)43-28-25-39(26-29-43)54-57-50(37-12-3-2-4-13-37)34-51(58-54)38-23-21-36(22-24-38)41-27-30-53-49(33-41)56(48-19-9-10-20-52(48)59-53)46-17-7-5-15-44(46)45-16-6-8-18-47(45)56/h2-10,12-13,15-30,33-34,40,42H,11,14,31-32,35H2,1H3. The van der Waals surface area contributed by atoms with Crippen LogP contribution in [0.5, 0.6) is 11.5 Å². The van der Waals surface area contributed by atoms with Crippen LogP contribution in [0.4, 0.5) is 0 Å². The summed E-state index contributed by atoms with van der Waals surface area (Å²) in [6.07, 6.45) is 6.76. The number of benzene rings is 7. The molecule has 3 heteroatoms. The molecule has 7 aromatic carbocycles. The average Bonchev–Trinajstić information content (AvgIpc) is 4.00. The maximum atomic E-state index is 6.70. The van der Waals surface area contributed by atoms with E-state index in [1.165, 1.54) is 71.0 Å². The van der Waals surface area contributed by atoms with Crippen molar-refractivity contribution < 1.29 is 4.74 Å². The van der Waals surface area contributed by atoms with Crippen molar-refractivity contribution in [2.24, 2.45) is 11.8 Å². The van der Waals surface area contributed by atoms with Crippen LogP contribution in [0.2, 0.25) is 0 Å². The fourth-order valence-corrected chi connectivity index (χ4v) is 11.0. The molecule has 3 aliphatic carbocycles. The first kappa shape index (κ1) is 34.5. The molecule has 0 bridgehead atoms. The Hall–Kier alpha value is -6.58. The van der Waals surface area contributed by atoms with E-state index in [0.29, 0.717) is 0 Å². The number of ether oxygens (including phenoxy) is 1. The van der Waals surface area contributed by atoms with Crippen molar-refractivity contribution >= 4 is 0 Å². The number of para-hydroxylation sites is 1. The highest BCUT2D eigenvalue weighted by atomic mass is 16.5. The lowest BCUT2D eigenvalue weighted by Gasteiger charge is -2.39. The molecular weight excluding hydrogens is 717 g/mol. The second kappa shape index (κ2) is 13.2. The lowest BCUT2D eigenvalue weighted by molar-refractivity contribution is 0.387. The normalized spacial score (nSPS) is 20.3. The molecule has 12 rings (SSSR count). The molecule has 3 nitrogen and oxygen atoms in total. The molecule has 1 aromatic heterocycles. The first-order chi connectivity index (χ1) is 29.0. The van der Waals surface area contributed by atoms with Gasteiger partial charge in [0.2, 0.25) is 0 Å². The minimum atomic E-state index is -0.496. The summed E-state index contributed by atoms with van der Waals surface area (Å²) in [7, 11) is 0. The van der Waals surface area contributed by atoms with E-state index in [2.05, 4.69) is 183 Å². The average molecular weight is 761 g/mol. The summed E-state index contributed by atoms with van der Waals surface area (Å²) >= 11 is 0. The Bertz CT molecular complexity index is 2870. The lowest BCUT2D eigenvalue weighted by Crippen LogP contribution is -2.32. The minimum Gasteiger partial charge on any atom is -0.457 e. The Kier molecular flexibility index (Phi) is 7.72. The molecule has 0 amide bonds. The van der Waals surface area contributed by atoms with E-state index < -0.39 is 5.41 Å². The number of hydrogen-bond donors (Lipinski definition) is 0. The Morgan fingerprint density at radius 3 is 1.80 bits per heavy atom. The van der Waals surface area contributed by atoms with Crippen LogP contribution < -0.4 is 4.74 Å². The van der Waals surface area contributed by atoms with Gasteiger partial charge < -0.3 is 4.74 Å². The molecule has 0 N–H and O–H groups in total. The molecule has 284 valence electrons. The monoisotopic (exact) mass is 760 g/mol. The number of nitrogens with zero attached hydrogens (tertiary/aromatic N) is 2. The molecule has 2 heterocycles. The molecule has 4 aliphatic rings. The van der Waals surface area contributed by atoms with Crippen LogP contribution >= 0.6 is 0 Å². The number of aromatic nitrogens is 2. The van der Waals surface area contributed by atoms with Crippen molar-refractivity contribution in [3.8, 4) is 67.7 Å². The van der Waals surface area contributed by atoms with Gasteiger partial charge in [0.05, 0.1) is 16.8 Å².